The van der Waals surface area contributed by atoms with E-state index in [9.17, 15) is 23.2 Å². The van der Waals surface area contributed by atoms with Gasteiger partial charge in [-0.05, 0) is 49.0 Å². The summed E-state index contributed by atoms with van der Waals surface area (Å²) in [6.07, 6.45) is -1.63. The smallest absolute Gasteiger partial charge is 0.268 e. The lowest BCUT2D eigenvalue weighted by Gasteiger charge is -2.36. The fraction of sp³-hybridized carbons (Fsp3) is 0.238. The van der Waals surface area contributed by atoms with Crippen LogP contribution in [0.3, 0.4) is 0 Å². The zero-order valence-electron chi connectivity index (χ0n) is 16.9. The van der Waals surface area contributed by atoms with Gasteiger partial charge in [0.15, 0.2) is 0 Å². The molecule has 0 fully saturated rings. The normalized spacial score (nSPS) is 12.8. The van der Waals surface area contributed by atoms with Crippen LogP contribution in [0.25, 0.3) is 0 Å². The molecule has 1 heterocycles. The third-order valence-corrected chi connectivity index (χ3v) is 4.87. The Labute approximate surface area is 186 Å². The molecule has 0 aliphatic rings. The molecule has 3 amide bonds. The lowest BCUT2D eigenvalue weighted by molar-refractivity contribution is -0.137. The van der Waals surface area contributed by atoms with E-state index in [4.69, 9.17) is 5.21 Å². The Morgan fingerprint density at radius 3 is 2.34 bits per heavy atom. The number of hydrogen-bond donors (Lipinski definition) is 4. The van der Waals surface area contributed by atoms with E-state index >= 15 is 0 Å². The van der Waals surface area contributed by atoms with Crippen molar-refractivity contribution in [2.24, 2.45) is 0 Å². The van der Waals surface area contributed by atoms with Gasteiger partial charge < -0.3 is 10.6 Å². The van der Waals surface area contributed by atoms with Crippen molar-refractivity contribution in [1.82, 2.24) is 21.1 Å². The second-order valence-electron chi connectivity index (χ2n) is 6.59. The standard InChI is InChI=1S/C21H18F2N4O4S/c1-13(28)26-21(2,20(22)23)17(19(30)27-31)25-18(29)15-9-7-14(8-10-15)5-3-4-6-16-11-24-12-32-16/h7-12,17,20,31H,1-2H3,(H,25,29)(H,26,28)(H,27,30)/t17-,21?/m1/s1. The van der Waals surface area contributed by atoms with Crippen molar-refractivity contribution in [2.45, 2.75) is 31.9 Å². The zero-order chi connectivity index (χ0) is 23.7. The predicted octanol–water partition coefficient (Wildman–Crippen LogP) is 1.31. The molecular formula is C21H18F2N4O4S. The predicted molar refractivity (Wildman–Crippen MR) is 112 cm³/mol. The molecule has 0 aliphatic heterocycles. The second kappa shape index (κ2) is 11.0. The van der Waals surface area contributed by atoms with Gasteiger partial charge in [-0.25, -0.2) is 14.3 Å². The Morgan fingerprint density at radius 2 is 1.81 bits per heavy atom. The van der Waals surface area contributed by atoms with Gasteiger partial charge in [-0.3, -0.25) is 24.6 Å². The molecule has 2 aromatic rings. The van der Waals surface area contributed by atoms with Crippen LogP contribution in [-0.4, -0.2) is 45.9 Å². The molecule has 8 nitrogen and oxygen atoms in total. The van der Waals surface area contributed by atoms with Crippen molar-refractivity contribution in [3.63, 3.8) is 0 Å². The van der Waals surface area contributed by atoms with Gasteiger partial charge >= 0.3 is 0 Å². The number of rotatable bonds is 6. The lowest BCUT2D eigenvalue weighted by Crippen LogP contribution is -2.68. The molecule has 32 heavy (non-hydrogen) atoms. The minimum absolute atomic E-state index is 0.0430. The van der Waals surface area contributed by atoms with Crippen LogP contribution in [0.1, 0.15) is 34.6 Å². The number of nitrogens with one attached hydrogen (secondary N) is 3. The summed E-state index contributed by atoms with van der Waals surface area (Å²) in [5.74, 6) is 7.88. The first-order chi connectivity index (χ1) is 15.2. The van der Waals surface area contributed by atoms with E-state index in [1.807, 2.05) is 5.32 Å². The topological polar surface area (TPSA) is 120 Å². The summed E-state index contributed by atoms with van der Waals surface area (Å²) in [5, 5.41) is 13.0. The fourth-order valence-corrected chi connectivity index (χ4v) is 3.04. The highest BCUT2D eigenvalue weighted by Crippen LogP contribution is 2.21. The molecule has 0 saturated heterocycles. The van der Waals surface area contributed by atoms with Crippen LogP contribution < -0.4 is 16.1 Å². The van der Waals surface area contributed by atoms with Gasteiger partial charge in [-0.1, -0.05) is 5.92 Å². The average molecular weight is 460 g/mol. The van der Waals surface area contributed by atoms with Gasteiger partial charge in [-0.2, -0.15) is 0 Å². The Morgan fingerprint density at radius 1 is 1.16 bits per heavy atom. The summed E-state index contributed by atoms with van der Waals surface area (Å²) < 4.78 is 27.4. The highest BCUT2D eigenvalue weighted by molar-refractivity contribution is 7.10. The molecule has 11 heteroatoms. The molecule has 0 radical (unpaired) electrons. The first-order valence-corrected chi connectivity index (χ1v) is 9.87. The Hall–Kier alpha value is -3.80. The maximum absolute atomic E-state index is 13.7. The van der Waals surface area contributed by atoms with Crippen LogP contribution in [0.2, 0.25) is 0 Å². The summed E-state index contributed by atoms with van der Waals surface area (Å²) in [6.45, 7) is 1.86. The minimum Gasteiger partial charge on any atom is -0.343 e. The van der Waals surface area contributed by atoms with Crippen molar-refractivity contribution in [1.29, 1.82) is 0 Å². The number of amides is 3. The molecule has 1 unspecified atom stereocenters. The van der Waals surface area contributed by atoms with E-state index in [2.05, 4.69) is 34.0 Å². The Balaban J connectivity index is 2.18. The van der Waals surface area contributed by atoms with Crippen LogP contribution in [0.4, 0.5) is 8.78 Å². The Kier molecular flexibility index (Phi) is 8.41. The van der Waals surface area contributed by atoms with Crippen molar-refractivity contribution in [2.75, 3.05) is 0 Å². The molecule has 0 saturated carbocycles. The number of halogens is 2. The number of benzene rings is 1. The number of thiazole rings is 1. The highest BCUT2D eigenvalue weighted by Gasteiger charge is 2.48. The number of carbonyl (C=O) groups is 3. The average Bonchev–Trinajstić information content (AvgIpc) is 3.27. The fourth-order valence-electron chi connectivity index (χ4n) is 2.58. The second-order valence-corrected chi connectivity index (χ2v) is 7.48. The first kappa shape index (κ1) is 24.5. The van der Waals surface area contributed by atoms with Crippen molar-refractivity contribution >= 4 is 29.1 Å². The maximum atomic E-state index is 13.7. The van der Waals surface area contributed by atoms with E-state index in [0.29, 0.717) is 5.56 Å². The number of nitrogens with zero attached hydrogens (tertiary/aromatic N) is 1. The molecule has 2 atom stereocenters. The molecule has 0 spiro atoms. The number of hydrogen-bond acceptors (Lipinski definition) is 6. The summed E-state index contributed by atoms with van der Waals surface area (Å²) in [4.78, 5) is 40.6. The lowest BCUT2D eigenvalue weighted by atomic mass is 9.91. The summed E-state index contributed by atoms with van der Waals surface area (Å²) in [5.41, 5.74) is 0.989. The quantitative estimate of drug-likeness (QED) is 0.294. The van der Waals surface area contributed by atoms with Crippen LogP contribution in [0, 0.1) is 23.7 Å². The van der Waals surface area contributed by atoms with Gasteiger partial charge in [0, 0.05) is 18.1 Å². The number of aromatic nitrogens is 1. The van der Waals surface area contributed by atoms with E-state index in [-0.39, 0.29) is 5.56 Å². The van der Waals surface area contributed by atoms with Gasteiger partial charge in [0.05, 0.1) is 16.6 Å². The molecular weight excluding hydrogens is 442 g/mol. The molecule has 166 valence electrons. The summed E-state index contributed by atoms with van der Waals surface area (Å²) >= 11 is 1.38. The monoisotopic (exact) mass is 460 g/mol. The molecule has 0 bridgehead atoms. The number of hydroxylamine groups is 1. The van der Waals surface area contributed by atoms with E-state index in [1.54, 1.807) is 11.7 Å². The maximum Gasteiger partial charge on any atom is 0.268 e. The van der Waals surface area contributed by atoms with Crippen LogP contribution in [0.15, 0.2) is 36.0 Å². The molecule has 0 aliphatic carbocycles. The van der Waals surface area contributed by atoms with Gasteiger partial charge in [0.1, 0.15) is 11.6 Å². The van der Waals surface area contributed by atoms with Crippen LogP contribution in [-0.2, 0) is 9.59 Å². The molecule has 1 aromatic heterocycles. The number of alkyl halides is 2. The van der Waals surface area contributed by atoms with E-state index in [0.717, 1.165) is 18.7 Å². The summed E-state index contributed by atoms with van der Waals surface area (Å²) in [6, 6.07) is 3.81. The minimum atomic E-state index is -3.24. The molecule has 1 aromatic carbocycles. The first-order valence-electron chi connectivity index (χ1n) is 8.99. The number of carbonyl (C=O) groups excluding carboxylic acids is 3. The van der Waals surface area contributed by atoms with Crippen molar-refractivity contribution in [3.05, 3.63) is 52.0 Å². The van der Waals surface area contributed by atoms with Crippen LogP contribution in [0.5, 0.6) is 0 Å². The third-order valence-electron chi connectivity index (χ3n) is 4.18. The third kappa shape index (κ3) is 6.35. The van der Waals surface area contributed by atoms with E-state index < -0.39 is 35.7 Å². The van der Waals surface area contributed by atoms with Gasteiger partial charge in [-0.15, -0.1) is 11.3 Å². The van der Waals surface area contributed by atoms with E-state index in [1.165, 1.54) is 41.1 Å². The van der Waals surface area contributed by atoms with Gasteiger partial charge in [0.25, 0.3) is 18.2 Å². The van der Waals surface area contributed by atoms with Crippen molar-refractivity contribution < 1.29 is 28.4 Å². The van der Waals surface area contributed by atoms with Crippen molar-refractivity contribution in [3.8, 4) is 23.7 Å². The summed E-state index contributed by atoms with van der Waals surface area (Å²) in [7, 11) is 0. The molecule has 4 N–H and O–H groups in total. The Bertz CT molecular complexity index is 1100. The largest absolute Gasteiger partial charge is 0.343 e. The van der Waals surface area contributed by atoms with Gasteiger partial charge in [0.2, 0.25) is 5.91 Å². The SMILES string of the molecule is CC(=O)NC(C)(C(F)F)[C@H](NC(=O)c1ccc(C#CC#Cc2cncs2)cc1)C(=O)NO. The highest BCUT2D eigenvalue weighted by atomic mass is 32.1. The molecule has 2 rings (SSSR count). The zero-order valence-corrected chi connectivity index (χ0v) is 17.7. The van der Waals surface area contributed by atoms with Crippen LogP contribution >= 0.6 is 11.3 Å².